The van der Waals surface area contributed by atoms with Crippen molar-refractivity contribution in [2.75, 3.05) is 39.5 Å². The first-order valence-corrected chi connectivity index (χ1v) is 8.43. The molecule has 0 radical (unpaired) electrons. The van der Waals surface area contributed by atoms with Crippen LogP contribution in [0.2, 0.25) is 0 Å². The van der Waals surface area contributed by atoms with Crippen LogP contribution in [-0.4, -0.2) is 82.8 Å². The fourth-order valence-corrected chi connectivity index (χ4v) is 3.28. The highest BCUT2D eigenvalue weighted by Crippen LogP contribution is 2.38. The van der Waals surface area contributed by atoms with E-state index in [0.717, 1.165) is 0 Å². The summed E-state index contributed by atoms with van der Waals surface area (Å²) in [5.74, 6) is 0.372. The van der Waals surface area contributed by atoms with Crippen LogP contribution in [0.5, 0.6) is 5.88 Å². The Bertz CT molecular complexity index is 557. The highest BCUT2D eigenvalue weighted by Gasteiger charge is 2.45. The first kappa shape index (κ1) is 17.8. The van der Waals surface area contributed by atoms with Crippen LogP contribution in [0.3, 0.4) is 0 Å². The van der Waals surface area contributed by atoms with Crippen molar-refractivity contribution < 1.29 is 24.5 Å². The zero-order valence-corrected chi connectivity index (χ0v) is 14.0. The maximum atomic E-state index is 12.3. The van der Waals surface area contributed by atoms with Crippen molar-refractivity contribution in [2.45, 2.75) is 25.0 Å². The molecule has 138 valence electrons. The second-order valence-electron chi connectivity index (χ2n) is 6.63. The van der Waals surface area contributed by atoms with Crippen molar-refractivity contribution in [1.29, 1.82) is 0 Å². The quantitative estimate of drug-likeness (QED) is 0.648. The van der Waals surface area contributed by atoms with Gasteiger partial charge in [-0.2, -0.15) is 0 Å². The summed E-state index contributed by atoms with van der Waals surface area (Å²) in [6.45, 7) is 2.71. The van der Waals surface area contributed by atoms with Gasteiger partial charge in [0, 0.05) is 37.4 Å². The molecule has 0 aromatic carbocycles. The third-order valence-corrected chi connectivity index (χ3v) is 4.71. The van der Waals surface area contributed by atoms with E-state index in [2.05, 4.69) is 15.3 Å². The Morgan fingerprint density at radius 3 is 2.68 bits per heavy atom. The minimum absolute atomic E-state index is 0.168. The molecule has 1 aromatic rings. The molecule has 25 heavy (non-hydrogen) atoms. The number of amides is 2. The lowest BCUT2D eigenvalue weighted by Gasteiger charge is -2.32. The van der Waals surface area contributed by atoms with Crippen LogP contribution in [0.4, 0.5) is 4.79 Å². The molecular weight excluding hydrogens is 328 g/mol. The van der Waals surface area contributed by atoms with Crippen LogP contribution in [0, 0.1) is 5.41 Å². The van der Waals surface area contributed by atoms with Crippen molar-refractivity contribution in [1.82, 2.24) is 20.2 Å². The summed E-state index contributed by atoms with van der Waals surface area (Å²) in [7, 11) is 0. The molecule has 1 aliphatic carbocycles. The lowest BCUT2D eigenvalue weighted by molar-refractivity contribution is 0.0438. The molecule has 9 nitrogen and oxygen atoms in total. The maximum absolute atomic E-state index is 12.3. The lowest BCUT2D eigenvalue weighted by atomic mass is 9.86. The van der Waals surface area contributed by atoms with Gasteiger partial charge in [-0.1, -0.05) is 0 Å². The van der Waals surface area contributed by atoms with Gasteiger partial charge in [0.05, 0.1) is 38.2 Å². The Morgan fingerprint density at radius 2 is 2.04 bits per heavy atom. The second kappa shape index (κ2) is 7.94. The number of morpholine rings is 1. The predicted molar refractivity (Wildman–Crippen MR) is 87.0 cm³/mol. The monoisotopic (exact) mass is 352 g/mol. The van der Waals surface area contributed by atoms with Gasteiger partial charge in [0.1, 0.15) is 0 Å². The summed E-state index contributed by atoms with van der Waals surface area (Å²) in [6, 6.07) is -0.168. The molecule has 1 aliphatic heterocycles. The van der Waals surface area contributed by atoms with Gasteiger partial charge in [0.2, 0.25) is 5.88 Å². The molecule has 3 N–H and O–H groups in total. The average molecular weight is 352 g/mol. The van der Waals surface area contributed by atoms with E-state index in [0.29, 0.717) is 51.6 Å². The molecule has 1 unspecified atom stereocenters. The number of ether oxygens (including phenoxy) is 2. The SMILES string of the molecule is O=C(NCC1(COc2cnccn2)C[C@@H](O)[C@@H](O)C1)N1CCOCC1. The Morgan fingerprint density at radius 1 is 1.32 bits per heavy atom. The molecule has 1 saturated heterocycles. The summed E-state index contributed by atoms with van der Waals surface area (Å²) in [5, 5.41) is 22.8. The number of aromatic nitrogens is 2. The lowest BCUT2D eigenvalue weighted by Crippen LogP contribution is -2.49. The summed E-state index contributed by atoms with van der Waals surface area (Å²) in [6.07, 6.45) is 3.61. The van der Waals surface area contributed by atoms with E-state index in [1.54, 1.807) is 11.1 Å². The number of carbonyl (C=O) groups is 1. The molecular formula is C16H24N4O5. The summed E-state index contributed by atoms with van der Waals surface area (Å²) >= 11 is 0. The van der Waals surface area contributed by atoms with Crippen LogP contribution >= 0.6 is 0 Å². The number of nitrogens with zero attached hydrogens (tertiary/aromatic N) is 3. The highest BCUT2D eigenvalue weighted by atomic mass is 16.5. The van der Waals surface area contributed by atoms with Gasteiger partial charge in [-0.15, -0.1) is 0 Å². The Kier molecular flexibility index (Phi) is 5.67. The summed E-state index contributed by atoms with van der Waals surface area (Å²) in [4.78, 5) is 22.0. The van der Waals surface area contributed by atoms with Crippen LogP contribution in [0.1, 0.15) is 12.8 Å². The van der Waals surface area contributed by atoms with E-state index in [1.807, 2.05) is 0 Å². The van der Waals surface area contributed by atoms with Gasteiger partial charge in [-0.05, 0) is 12.8 Å². The minimum Gasteiger partial charge on any atom is -0.476 e. The van der Waals surface area contributed by atoms with E-state index >= 15 is 0 Å². The zero-order chi connectivity index (χ0) is 17.7. The smallest absolute Gasteiger partial charge is 0.317 e. The van der Waals surface area contributed by atoms with Gasteiger partial charge >= 0.3 is 6.03 Å². The standard InChI is InChI=1S/C16H24N4O5/c21-12-7-16(8-13(12)22,11-25-14-9-17-1-2-18-14)10-19-15(23)20-3-5-24-6-4-20/h1-2,9,12-13,21-22H,3-8,10-11H2,(H,19,23)/t12-,13+,16?. The van der Waals surface area contributed by atoms with Crippen molar-refractivity contribution >= 4 is 6.03 Å². The van der Waals surface area contributed by atoms with Gasteiger partial charge in [-0.3, -0.25) is 4.98 Å². The number of hydrogen-bond donors (Lipinski definition) is 3. The van der Waals surface area contributed by atoms with Crippen molar-refractivity contribution in [3.8, 4) is 5.88 Å². The molecule has 2 amide bonds. The fraction of sp³-hybridized carbons (Fsp3) is 0.688. The molecule has 0 spiro atoms. The molecule has 2 aliphatic rings. The number of urea groups is 1. The largest absolute Gasteiger partial charge is 0.476 e. The first-order chi connectivity index (χ1) is 12.1. The second-order valence-corrected chi connectivity index (χ2v) is 6.63. The van der Waals surface area contributed by atoms with Gasteiger partial charge in [0.25, 0.3) is 0 Å². The van der Waals surface area contributed by atoms with Crippen LogP contribution in [-0.2, 0) is 4.74 Å². The van der Waals surface area contributed by atoms with Gasteiger partial charge < -0.3 is 29.9 Å². The first-order valence-electron chi connectivity index (χ1n) is 8.43. The molecule has 0 bridgehead atoms. The summed E-state index contributed by atoms with van der Waals surface area (Å²) in [5.41, 5.74) is -0.557. The Hall–Kier alpha value is -1.97. The van der Waals surface area contributed by atoms with Crippen LogP contribution in [0.15, 0.2) is 18.6 Å². The zero-order valence-electron chi connectivity index (χ0n) is 14.0. The van der Waals surface area contributed by atoms with E-state index in [9.17, 15) is 15.0 Å². The van der Waals surface area contributed by atoms with E-state index in [-0.39, 0.29) is 12.6 Å². The van der Waals surface area contributed by atoms with E-state index in [4.69, 9.17) is 9.47 Å². The topological polar surface area (TPSA) is 117 Å². The van der Waals surface area contributed by atoms with E-state index in [1.165, 1.54) is 12.4 Å². The number of aliphatic hydroxyl groups is 2. The molecule has 1 saturated carbocycles. The number of rotatable bonds is 5. The number of hydrogen-bond acceptors (Lipinski definition) is 7. The van der Waals surface area contributed by atoms with Crippen molar-refractivity contribution in [3.63, 3.8) is 0 Å². The third-order valence-electron chi connectivity index (χ3n) is 4.71. The fourth-order valence-electron chi connectivity index (χ4n) is 3.28. The minimum atomic E-state index is -0.828. The van der Waals surface area contributed by atoms with Crippen molar-refractivity contribution in [3.05, 3.63) is 18.6 Å². The molecule has 1 aromatic heterocycles. The van der Waals surface area contributed by atoms with Crippen LogP contribution < -0.4 is 10.1 Å². The molecule has 2 heterocycles. The third kappa shape index (κ3) is 4.56. The maximum Gasteiger partial charge on any atom is 0.317 e. The Balaban J connectivity index is 1.60. The summed E-state index contributed by atoms with van der Waals surface area (Å²) < 4.78 is 10.9. The molecule has 9 heteroatoms. The van der Waals surface area contributed by atoms with E-state index < -0.39 is 17.6 Å². The normalized spacial score (nSPS) is 29.4. The number of carbonyl (C=O) groups excluding carboxylic acids is 1. The molecule has 3 atom stereocenters. The van der Waals surface area contributed by atoms with Crippen LogP contribution in [0.25, 0.3) is 0 Å². The van der Waals surface area contributed by atoms with Gasteiger partial charge in [0.15, 0.2) is 0 Å². The predicted octanol–water partition coefficient (Wildman–Crippen LogP) is -0.601. The van der Waals surface area contributed by atoms with Crippen molar-refractivity contribution in [2.24, 2.45) is 5.41 Å². The van der Waals surface area contributed by atoms with Gasteiger partial charge in [-0.25, -0.2) is 9.78 Å². The highest BCUT2D eigenvalue weighted by molar-refractivity contribution is 5.74. The molecule has 3 rings (SSSR count). The Labute approximate surface area is 146 Å². The molecule has 2 fully saturated rings. The number of nitrogens with one attached hydrogen (secondary N) is 1. The number of aliphatic hydroxyl groups excluding tert-OH is 2. The average Bonchev–Trinajstić information content (AvgIpc) is 2.94.